The van der Waals surface area contributed by atoms with Gasteiger partial charge in [-0.3, -0.25) is 9.59 Å². The van der Waals surface area contributed by atoms with Crippen LogP contribution in [0.1, 0.15) is 52.9 Å². The summed E-state index contributed by atoms with van der Waals surface area (Å²) < 4.78 is 5.65. The topological polar surface area (TPSA) is 75.6 Å². The smallest absolute Gasteiger partial charge is 0.307 e. The second-order valence-corrected chi connectivity index (χ2v) is 7.10. The monoisotopic (exact) mass is 297 g/mol. The van der Waals surface area contributed by atoms with Gasteiger partial charge in [-0.1, -0.05) is 13.3 Å². The van der Waals surface area contributed by atoms with Crippen LogP contribution in [-0.4, -0.2) is 35.2 Å². The zero-order valence-corrected chi connectivity index (χ0v) is 13.2. The number of carbonyl (C=O) groups excluding carboxylic acids is 1. The Hall–Kier alpha value is -1.10. The van der Waals surface area contributed by atoms with Crippen LogP contribution in [0.2, 0.25) is 0 Å². The second kappa shape index (κ2) is 6.34. The number of carbonyl (C=O) groups is 2. The lowest BCUT2D eigenvalue weighted by atomic mass is 9.91. The first-order valence-electron chi connectivity index (χ1n) is 7.99. The van der Waals surface area contributed by atoms with Crippen molar-refractivity contribution in [2.75, 3.05) is 6.61 Å². The molecule has 5 nitrogen and oxygen atoms in total. The van der Waals surface area contributed by atoms with Gasteiger partial charge in [0.2, 0.25) is 5.91 Å². The van der Waals surface area contributed by atoms with E-state index in [0.717, 1.165) is 19.3 Å². The molecule has 1 aliphatic heterocycles. The van der Waals surface area contributed by atoms with Crippen LogP contribution in [0.4, 0.5) is 0 Å². The predicted molar refractivity (Wildman–Crippen MR) is 78.8 cm³/mol. The molecular formula is C16H27NO4. The predicted octanol–water partition coefficient (Wildman–Crippen LogP) is 2.20. The van der Waals surface area contributed by atoms with Crippen molar-refractivity contribution in [2.45, 2.75) is 64.5 Å². The van der Waals surface area contributed by atoms with Crippen molar-refractivity contribution in [1.29, 1.82) is 0 Å². The third-order valence-corrected chi connectivity index (χ3v) is 4.94. The minimum atomic E-state index is -0.835. The van der Waals surface area contributed by atoms with Crippen LogP contribution < -0.4 is 5.32 Å². The van der Waals surface area contributed by atoms with Gasteiger partial charge in [0.05, 0.1) is 17.4 Å². The van der Waals surface area contributed by atoms with Gasteiger partial charge in [0, 0.05) is 12.6 Å². The highest BCUT2D eigenvalue weighted by Gasteiger charge is 2.43. The molecule has 0 radical (unpaired) electrons. The van der Waals surface area contributed by atoms with Crippen LogP contribution in [0.15, 0.2) is 0 Å². The highest BCUT2D eigenvalue weighted by atomic mass is 16.5. The molecule has 1 aliphatic carbocycles. The standard InChI is InChI=1S/C16H27NO4/c1-4-10-7-12(13(8-10)15(19)20)14(18)17-11-5-6-21-16(2,3)9-11/h10-13H,4-9H2,1-3H3,(H,17,18)(H,19,20). The number of nitrogens with one attached hydrogen (secondary N) is 1. The zero-order valence-electron chi connectivity index (χ0n) is 13.2. The molecule has 0 aromatic heterocycles. The van der Waals surface area contributed by atoms with E-state index in [9.17, 15) is 14.7 Å². The largest absolute Gasteiger partial charge is 0.481 e. The van der Waals surface area contributed by atoms with E-state index < -0.39 is 11.9 Å². The van der Waals surface area contributed by atoms with Gasteiger partial charge in [0.1, 0.15) is 0 Å². The number of hydrogen-bond donors (Lipinski definition) is 2. The molecule has 0 aromatic carbocycles. The Morgan fingerprint density at radius 2 is 1.95 bits per heavy atom. The molecule has 2 fully saturated rings. The summed E-state index contributed by atoms with van der Waals surface area (Å²) in [5, 5.41) is 12.4. The van der Waals surface area contributed by atoms with Crippen LogP contribution in [-0.2, 0) is 14.3 Å². The van der Waals surface area contributed by atoms with E-state index in [1.54, 1.807) is 0 Å². The fourth-order valence-electron chi connectivity index (χ4n) is 3.70. The van der Waals surface area contributed by atoms with Gasteiger partial charge in [-0.15, -0.1) is 0 Å². The van der Waals surface area contributed by atoms with E-state index in [2.05, 4.69) is 12.2 Å². The van der Waals surface area contributed by atoms with E-state index in [4.69, 9.17) is 4.74 Å². The van der Waals surface area contributed by atoms with Crippen molar-refractivity contribution >= 4 is 11.9 Å². The van der Waals surface area contributed by atoms with Crippen molar-refractivity contribution in [3.63, 3.8) is 0 Å². The highest BCUT2D eigenvalue weighted by Crippen LogP contribution is 2.38. The molecule has 120 valence electrons. The number of ether oxygens (including phenoxy) is 1. The first kappa shape index (κ1) is 16.3. The number of hydrogen-bond acceptors (Lipinski definition) is 3. The molecule has 0 spiro atoms. The molecule has 1 amide bonds. The van der Waals surface area contributed by atoms with Gasteiger partial charge in [0.25, 0.3) is 0 Å². The number of amides is 1. The molecule has 2 aliphatic rings. The number of aliphatic carboxylic acids is 1. The van der Waals surface area contributed by atoms with E-state index in [0.29, 0.717) is 25.4 Å². The molecule has 4 unspecified atom stereocenters. The summed E-state index contributed by atoms with van der Waals surface area (Å²) in [4.78, 5) is 23.9. The van der Waals surface area contributed by atoms with Crippen molar-refractivity contribution < 1.29 is 19.4 Å². The Labute approximate surface area is 126 Å². The zero-order chi connectivity index (χ0) is 15.6. The normalized spacial score (nSPS) is 35.4. The average Bonchev–Trinajstić information content (AvgIpc) is 2.81. The summed E-state index contributed by atoms with van der Waals surface area (Å²) in [6.45, 7) is 6.75. The third-order valence-electron chi connectivity index (χ3n) is 4.94. The highest BCUT2D eigenvalue weighted by molar-refractivity contribution is 5.85. The summed E-state index contributed by atoms with van der Waals surface area (Å²) >= 11 is 0. The molecule has 1 heterocycles. The Balaban J connectivity index is 1.97. The summed E-state index contributed by atoms with van der Waals surface area (Å²) in [7, 11) is 0. The van der Waals surface area contributed by atoms with Crippen LogP contribution in [0.25, 0.3) is 0 Å². The molecular weight excluding hydrogens is 270 g/mol. The van der Waals surface area contributed by atoms with Gasteiger partial charge in [-0.25, -0.2) is 0 Å². The molecule has 5 heteroatoms. The molecule has 0 aromatic rings. The quantitative estimate of drug-likeness (QED) is 0.834. The third kappa shape index (κ3) is 3.96. The molecule has 2 N–H and O–H groups in total. The van der Waals surface area contributed by atoms with Gasteiger partial charge in [-0.2, -0.15) is 0 Å². The van der Waals surface area contributed by atoms with E-state index in [1.807, 2.05) is 13.8 Å². The Morgan fingerprint density at radius 3 is 2.52 bits per heavy atom. The van der Waals surface area contributed by atoms with Crippen LogP contribution in [0.5, 0.6) is 0 Å². The van der Waals surface area contributed by atoms with Crippen molar-refractivity contribution in [3.8, 4) is 0 Å². The minimum absolute atomic E-state index is 0.0824. The number of rotatable bonds is 4. The maximum atomic E-state index is 12.5. The molecule has 1 saturated carbocycles. The van der Waals surface area contributed by atoms with E-state index in [-0.39, 0.29) is 23.5 Å². The summed E-state index contributed by atoms with van der Waals surface area (Å²) in [6, 6.07) is 0.0939. The fraction of sp³-hybridized carbons (Fsp3) is 0.875. The fourth-order valence-corrected chi connectivity index (χ4v) is 3.70. The maximum absolute atomic E-state index is 12.5. The number of carboxylic acids is 1. The van der Waals surface area contributed by atoms with Gasteiger partial charge in [0.15, 0.2) is 0 Å². The first-order valence-corrected chi connectivity index (χ1v) is 7.99. The molecule has 2 rings (SSSR count). The van der Waals surface area contributed by atoms with Gasteiger partial charge >= 0.3 is 5.97 Å². The average molecular weight is 297 g/mol. The van der Waals surface area contributed by atoms with Crippen molar-refractivity contribution in [1.82, 2.24) is 5.32 Å². The van der Waals surface area contributed by atoms with Crippen molar-refractivity contribution in [2.24, 2.45) is 17.8 Å². The molecule has 1 saturated heterocycles. The van der Waals surface area contributed by atoms with E-state index in [1.165, 1.54) is 0 Å². The lowest BCUT2D eigenvalue weighted by Crippen LogP contribution is -2.48. The minimum Gasteiger partial charge on any atom is -0.481 e. The van der Waals surface area contributed by atoms with Crippen molar-refractivity contribution in [3.05, 3.63) is 0 Å². The first-order chi connectivity index (χ1) is 9.82. The van der Waals surface area contributed by atoms with Crippen LogP contribution in [0, 0.1) is 17.8 Å². The molecule has 21 heavy (non-hydrogen) atoms. The SMILES string of the molecule is CCC1CC(C(=O)O)C(C(=O)NC2CCOC(C)(C)C2)C1. The molecule has 0 bridgehead atoms. The summed E-state index contributed by atoms with van der Waals surface area (Å²) in [5.41, 5.74) is -0.218. The lowest BCUT2D eigenvalue weighted by molar-refractivity contribution is -0.146. The summed E-state index contributed by atoms with van der Waals surface area (Å²) in [5.74, 6) is -1.46. The summed E-state index contributed by atoms with van der Waals surface area (Å²) in [6.07, 6.45) is 3.85. The Morgan fingerprint density at radius 1 is 1.29 bits per heavy atom. The Kier molecular flexibility index (Phi) is 4.91. The van der Waals surface area contributed by atoms with E-state index >= 15 is 0 Å². The second-order valence-electron chi connectivity index (χ2n) is 7.10. The van der Waals surface area contributed by atoms with Crippen LogP contribution in [0.3, 0.4) is 0 Å². The Bertz CT molecular complexity index is 407. The van der Waals surface area contributed by atoms with Crippen LogP contribution >= 0.6 is 0 Å². The molecule has 4 atom stereocenters. The lowest BCUT2D eigenvalue weighted by Gasteiger charge is -2.36. The van der Waals surface area contributed by atoms with Gasteiger partial charge in [-0.05, 0) is 45.4 Å². The van der Waals surface area contributed by atoms with Gasteiger partial charge < -0.3 is 15.2 Å². The maximum Gasteiger partial charge on any atom is 0.307 e. The number of carboxylic acid groups (broad SMARTS) is 1.